The van der Waals surface area contributed by atoms with Crippen molar-refractivity contribution in [2.75, 3.05) is 0 Å². The van der Waals surface area contributed by atoms with Crippen LogP contribution in [-0.2, 0) is 0 Å². The van der Waals surface area contributed by atoms with Crippen LogP contribution in [0.5, 0.6) is 0 Å². The van der Waals surface area contributed by atoms with Crippen molar-refractivity contribution in [1.29, 1.82) is 0 Å². The zero-order valence-corrected chi connectivity index (χ0v) is 17.1. The molecule has 0 aromatic heterocycles. The highest BCUT2D eigenvalue weighted by Crippen LogP contribution is 2.59. The van der Waals surface area contributed by atoms with Gasteiger partial charge in [-0.25, -0.2) is 0 Å². The van der Waals surface area contributed by atoms with Gasteiger partial charge in [-0.2, -0.15) is 0 Å². The molecule has 0 N–H and O–H groups in total. The van der Waals surface area contributed by atoms with E-state index in [2.05, 4.69) is 0 Å². The quantitative estimate of drug-likeness (QED) is 0.206. The van der Waals surface area contributed by atoms with E-state index in [1.54, 1.807) is 0 Å². The first kappa shape index (κ1) is 20.5. The molecule has 0 bridgehead atoms. The minimum Gasteiger partial charge on any atom is -0.0828 e. The number of benzene rings is 1. The van der Waals surface area contributed by atoms with E-state index in [0.717, 1.165) is 0 Å². The molecule has 1 rings (SSSR count). The average molecular weight is 499 g/mol. The van der Waals surface area contributed by atoms with Crippen molar-refractivity contribution in [1.82, 2.24) is 0 Å². The minimum atomic E-state index is -2.04. The van der Waals surface area contributed by atoms with Gasteiger partial charge < -0.3 is 0 Å². The Kier molecular flexibility index (Phi) is 7.27. The zero-order valence-electron chi connectivity index (χ0n) is 8.73. The number of halogens is 11. The summed E-state index contributed by atoms with van der Waals surface area (Å²) in [6, 6.07) is 0. The van der Waals surface area contributed by atoms with Crippen LogP contribution in [0.2, 0.25) is 25.1 Å². The summed E-state index contributed by atoms with van der Waals surface area (Å²) in [6.45, 7) is 0. The van der Waals surface area contributed by atoms with E-state index < -0.39 is 13.5 Å². The van der Waals surface area contributed by atoms with Crippen LogP contribution in [0, 0.1) is 0 Å². The fourth-order valence-corrected chi connectivity index (χ4v) is 4.90. The third-order valence-electron chi connectivity index (χ3n) is 2.19. The van der Waals surface area contributed by atoms with Crippen molar-refractivity contribution in [2.45, 2.75) is 13.5 Å². The van der Waals surface area contributed by atoms with E-state index in [1.807, 2.05) is 0 Å². The Morgan fingerprint density at radius 1 is 0.500 bits per heavy atom. The molecule has 0 atom stereocenters. The normalized spacial score (nSPS) is 13.2. The van der Waals surface area contributed by atoms with Crippen molar-refractivity contribution >= 4 is 128 Å². The molecule has 1 aromatic rings. The number of hydrogen-bond acceptors (Lipinski definition) is 0. The Morgan fingerprint density at radius 3 is 1.00 bits per heavy atom. The highest BCUT2D eigenvalue weighted by Gasteiger charge is 2.50. The number of hydrogen-bond donors (Lipinski definition) is 0. The minimum absolute atomic E-state index is 0.0206. The summed E-state index contributed by atoms with van der Waals surface area (Å²) < 4.78 is -4.09. The Hall–Kier alpha value is 2.41. The molecule has 0 aliphatic heterocycles. The van der Waals surface area contributed by atoms with Crippen LogP contribution in [0.3, 0.4) is 0 Å². The lowest BCUT2D eigenvalue weighted by Gasteiger charge is -2.32. The summed E-state index contributed by atoms with van der Waals surface area (Å²) in [7, 11) is 0. The van der Waals surface area contributed by atoms with E-state index in [1.165, 1.54) is 0 Å². The van der Waals surface area contributed by atoms with E-state index in [9.17, 15) is 0 Å². The van der Waals surface area contributed by atoms with Gasteiger partial charge in [0.2, 0.25) is 7.59 Å². The summed E-state index contributed by atoms with van der Waals surface area (Å²) in [6.07, 6.45) is 0. The number of rotatable bonds is 1. The first-order valence-electron chi connectivity index (χ1n) is 4.44. The molecular formula is C9HCl11. The molecule has 0 aliphatic carbocycles. The lowest BCUT2D eigenvalue weighted by atomic mass is 10.0. The van der Waals surface area contributed by atoms with Crippen molar-refractivity contribution in [2.24, 2.45) is 0 Å². The maximum atomic E-state index is 6.07. The molecule has 0 saturated carbocycles. The molecule has 0 unspecified atom stereocenters. The van der Waals surface area contributed by atoms with Crippen LogP contribution in [0.15, 0.2) is 0 Å². The maximum absolute atomic E-state index is 6.07. The van der Waals surface area contributed by atoms with Gasteiger partial charge >= 0.3 is 0 Å². The summed E-state index contributed by atoms with van der Waals surface area (Å²) >= 11 is 65.0. The molecule has 0 nitrogen and oxygen atoms in total. The Balaban J connectivity index is 3.76. The van der Waals surface area contributed by atoms with Gasteiger partial charge in [0.25, 0.3) is 0 Å². The standard InChI is InChI=1S/C9HCl11/c10-2-1(3(11)5(13)6(14)4(2)12)7(8(15,16)17)9(18,19)20/h7H. The third kappa shape index (κ3) is 4.28. The third-order valence-corrected chi connectivity index (χ3v) is 5.80. The van der Waals surface area contributed by atoms with Gasteiger partial charge in [-0.15, -0.1) is 0 Å². The molecule has 0 amide bonds. The largest absolute Gasteiger partial charge is 0.201 e. The van der Waals surface area contributed by atoms with Crippen LogP contribution in [0.4, 0.5) is 0 Å². The monoisotopic (exact) mass is 494 g/mol. The molecule has 11 heteroatoms. The van der Waals surface area contributed by atoms with Crippen LogP contribution in [-0.4, -0.2) is 7.59 Å². The van der Waals surface area contributed by atoms with E-state index in [-0.39, 0.29) is 30.7 Å². The fourth-order valence-electron chi connectivity index (χ4n) is 1.39. The fraction of sp³-hybridized carbons (Fsp3) is 0.333. The molecule has 0 radical (unpaired) electrons. The van der Waals surface area contributed by atoms with Crippen LogP contribution < -0.4 is 0 Å². The molecule has 1 aromatic carbocycles. The second-order valence-corrected chi connectivity index (χ2v) is 10.1. The smallest absolute Gasteiger partial charge is 0.0828 e. The predicted octanol–water partition coefficient (Wildman–Crippen LogP) is 8.78. The zero-order chi connectivity index (χ0) is 16.0. The molecule has 20 heavy (non-hydrogen) atoms. The summed E-state index contributed by atoms with van der Waals surface area (Å²) in [4.78, 5) is 0. The van der Waals surface area contributed by atoms with Crippen molar-refractivity contribution < 1.29 is 0 Å². The van der Waals surface area contributed by atoms with Gasteiger partial charge in [0.15, 0.2) is 0 Å². The highest BCUT2D eigenvalue weighted by atomic mass is 35.6. The van der Waals surface area contributed by atoms with E-state index in [0.29, 0.717) is 0 Å². The van der Waals surface area contributed by atoms with Gasteiger partial charge in [0.05, 0.1) is 31.0 Å². The predicted molar refractivity (Wildman–Crippen MR) is 94.8 cm³/mol. The first-order chi connectivity index (χ1) is 8.80. The molecule has 0 aliphatic rings. The van der Waals surface area contributed by atoms with Crippen molar-refractivity contribution in [3.8, 4) is 0 Å². The molecule has 0 spiro atoms. The SMILES string of the molecule is Clc1c(Cl)c(Cl)c(C(C(Cl)(Cl)Cl)C(Cl)(Cl)Cl)c(Cl)c1Cl. The van der Waals surface area contributed by atoms with E-state index in [4.69, 9.17) is 128 Å². The second kappa shape index (κ2) is 7.11. The van der Waals surface area contributed by atoms with Gasteiger partial charge in [0.1, 0.15) is 0 Å². The average Bonchev–Trinajstić information content (AvgIpc) is 2.26. The topological polar surface area (TPSA) is 0 Å². The van der Waals surface area contributed by atoms with Gasteiger partial charge in [-0.1, -0.05) is 128 Å². The molecule has 0 heterocycles. The molecule has 0 fully saturated rings. The van der Waals surface area contributed by atoms with Crippen molar-refractivity contribution in [3.05, 3.63) is 30.7 Å². The van der Waals surface area contributed by atoms with Crippen LogP contribution in [0.25, 0.3) is 0 Å². The Bertz CT molecular complexity index is 481. The van der Waals surface area contributed by atoms with Gasteiger partial charge in [-0.3, -0.25) is 0 Å². The summed E-state index contributed by atoms with van der Waals surface area (Å²) in [5.41, 5.74) is -0.0206. The van der Waals surface area contributed by atoms with Crippen LogP contribution >= 0.6 is 128 Å². The first-order valence-corrected chi connectivity index (χ1v) is 8.60. The lowest BCUT2D eigenvalue weighted by Crippen LogP contribution is -2.30. The van der Waals surface area contributed by atoms with Crippen molar-refractivity contribution in [3.63, 3.8) is 0 Å². The van der Waals surface area contributed by atoms with Gasteiger partial charge in [0, 0.05) is 5.56 Å². The van der Waals surface area contributed by atoms with Gasteiger partial charge in [-0.05, 0) is 0 Å². The second-order valence-electron chi connectivity index (χ2n) is 3.50. The maximum Gasteiger partial charge on any atom is 0.201 e. The summed E-state index contributed by atoms with van der Waals surface area (Å²) in [5, 5.41) is -0.473. The number of alkyl halides is 6. The summed E-state index contributed by atoms with van der Waals surface area (Å²) in [5.74, 6) is -1.34. The Morgan fingerprint density at radius 2 is 0.750 bits per heavy atom. The molecule has 114 valence electrons. The Labute approximate surface area is 170 Å². The highest BCUT2D eigenvalue weighted by molar-refractivity contribution is 6.73. The molecular weight excluding hydrogens is 498 g/mol. The van der Waals surface area contributed by atoms with Crippen LogP contribution in [0.1, 0.15) is 11.5 Å². The van der Waals surface area contributed by atoms with E-state index >= 15 is 0 Å². The molecule has 0 saturated heterocycles. The lowest BCUT2D eigenvalue weighted by molar-refractivity contribution is 0.725.